The van der Waals surface area contributed by atoms with Gasteiger partial charge in [-0.05, 0) is 25.6 Å². The molecule has 0 aromatic rings. The maximum atomic E-state index is 4.92. The Kier molecular flexibility index (Phi) is 1.90. The Bertz CT molecular complexity index is 124. The topological polar surface area (TPSA) is 24.1 Å². The fraction of sp³-hybridized carbons (Fsp3) is 0.833. The predicted molar refractivity (Wildman–Crippen MR) is 42.4 cm³/mol. The summed E-state index contributed by atoms with van der Waals surface area (Å²) in [4.78, 5) is 0. The molecule has 0 aromatic heterocycles. The minimum Gasteiger partial charge on any atom is -0.358 e. The summed E-state index contributed by atoms with van der Waals surface area (Å²) < 4.78 is 0. The standard InChI is InChI=1S/C6H12N2S/c1-3-5-4(2)7-6(9)8-5/h4-5H,3H2,1-2H3,(H2,7,8,9)/t4-,5+/m0/s1. The van der Waals surface area contributed by atoms with Crippen molar-refractivity contribution in [1.82, 2.24) is 10.6 Å². The summed E-state index contributed by atoms with van der Waals surface area (Å²) in [7, 11) is 0. The fourth-order valence-corrected chi connectivity index (χ4v) is 1.44. The van der Waals surface area contributed by atoms with E-state index in [2.05, 4.69) is 24.5 Å². The van der Waals surface area contributed by atoms with Crippen LogP contribution in [-0.4, -0.2) is 17.2 Å². The predicted octanol–water partition coefficient (Wildman–Crippen LogP) is 0.631. The zero-order chi connectivity index (χ0) is 6.85. The third-order valence-electron chi connectivity index (χ3n) is 1.72. The third kappa shape index (κ3) is 1.33. The first-order valence-electron chi connectivity index (χ1n) is 3.31. The fourth-order valence-electron chi connectivity index (χ4n) is 1.10. The lowest BCUT2D eigenvalue weighted by molar-refractivity contribution is 0.527. The van der Waals surface area contributed by atoms with Crippen LogP contribution in [0, 0.1) is 0 Å². The van der Waals surface area contributed by atoms with Gasteiger partial charge in [-0.1, -0.05) is 6.92 Å². The highest BCUT2D eigenvalue weighted by molar-refractivity contribution is 7.80. The minimum atomic E-state index is 0.502. The number of nitrogens with one attached hydrogen (secondary N) is 2. The SMILES string of the molecule is CC[C@H]1NC(=S)N[C@H]1C. The van der Waals surface area contributed by atoms with Crippen molar-refractivity contribution in [1.29, 1.82) is 0 Å². The van der Waals surface area contributed by atoms with Crippen molar-refractivity contribution in [2.75, 3.05) is 0 Å². The highest BCUT2D eigenvalue weighted by Gasteiger charge is 2.22. The number of thiocarbonyl (C=S) groups is 1. The number of hydrogen-bond acceptors (Lipinski definition) is 1. The van der Waals surface area contributed by atoms with Gasteiger partial charge in [-0.25, -0.2) is 0 Å². The monoisotopic (exact) mass is 144 g/mol. The summed E-state index contributed by atoms with van der Waals surface area (Å²) in [6.07, 6.45) is 1.13. The number of hydrogen-bond donors (Lipinski definition) is 2. The van der Waals surface area contributed by atoms with E-state index in [4.69, 9.17) is 12.2 Å². The lowest BCUT2D eigenvalue weighted by Crippen LogP contribution is -2.29. The molecule has 52 valence electrons. The summed E-state index contributed by atoms with van der Waals surface area (Å²) in [6.45, 7) is 4.30. The van der Waals surface area contributed by atoms with Crippen LogP contribution in [0.4, 0.5) is 0 Å². The van der Waals surface area contributed by atoms with Gasteiger partial charge in [0.05, 0.1) is 0 Å². The zero-order valence-electron chi connectivity index (χ0n) is 5.77. The van der Waals surface area contributed by atoms with Gasteiger partial charge in [0.25, 0.3) is 0 Å². The van der Waals surface area contributed by atoms with E-state index in [9.17, 15) is 0 Å². The molecule has 0 amide bonds. The van der Waals surface area contributed by atoms with Crippen LogP contribution in [0.2, 0.25) is 0 Å². The van der Waals surface area contributed by atoms with E-state index in [1.807, 2.05) is 0 Å². The van der Waals surface area contributed by atoms with E-state index in [0.717, 1.165) is 11.5 Å². The molecule has 0 spiro atoms. The molecule has 1 fully saturated rings. The van der Waals surface area contributed by atoms with Crippen molar-refractivity contribution in [3.8, 4) is 0 Å². The van der Waals surface area contributed by atoms with Gasteiger partial charge in [0.1, 0.15) is 0 Å². The van der Waals surface area contributed by atoms with E-state index < -0.39 is 0 Å². The van der Waals surface area contributed by atoms with E-state index in [1.165, 1.54) is 0 Å². The Morgan fingerprint density at radius 1 is 1.56 bits per heavy atom. The third-order valence-corrected chi connectivity index (χ3v) is 1.95. The van der Waals surface area contributed by atoms with Crippen LogP contribution in [0.15, 0.2) is 0 Å². The highest BCUT2D eigenvalue weighted by atomic mass is 32.1. The average Bonchev–Trinajstić information content (AvgIpc) is 2.10. The van der Waals surface area contributed by atoms with Crippen molar-refractivity contribution in [3.63, 3.8) is 0 Å². The lowest BCUT2D eigenvalue weighted by atomic mass is 10.1. The van der Waals surface area contributed by atoms with Gasteiger partial charge in [-0.2, -0.15) is 0 Å². The zero-order valence-corrected chi connectivity index (χ0v) is 6.59. The maximum absolute atomic E-state index is 4.92. The van der Waals surface area contributed by atoms with Crippen LogP contribution in [0.1, 0.15) is 20.3 Å². The normalized spacial score (nSPS) is 33.8. The largest absolute Gasteiger partial charge is 0.358 e. The summed E-state index contributed by atoms with van der Waals surface area (Å²) in [5.41, 5.74) is 0. The Hall–Kier alpha value is -0.310. The Morgan fingerprint density at radius 2 is 2.22 bits per heavy atom. The molecule has 9 heavy (non-hydrogen) atoms. The first kappa shape index (κ1) is 6.81. The van der Waals surface area contributed by atoms with E-state index in [-0.39, 0.29) is 0 Å². The van der Waals surface area contributed by atoms with Gasteiger partial charge in [0.2, 0.25) is 0 Å². The molecular formula is C6H12N2S. The van der Waals surface area contributed by atoms with Crippen molar-refractivity contribution in [2.45, 2.75) is 32.4 Å². The van der Waals surface area contributed by atoms with Crippen LogP contribution in [0.25, 0.3) is 0 Å². The van der Waals surface area contributed by atoms with E-state index >= 15 is 0 Å². The first-order valence-corrected chi connectivity index (χ1v) is 3.72. The summed E-state index contributed by atoms with van der Waals surface area (Å²) in [6, 6.07) is 1.04. The van der Waals surface area contributed by atoms with Crippen molar-refractivity contribution in [3.05, 3.63) is 0 Å². The van der Waals surface area contributed by atoms with Crippen molar-refractivity contribution in [2.24, 2.45) is 0 Å². The molecule has 0 bridgehead atoms. The summed E-state index contributed by atoms with van der Waals surface area (Å²) >= 11 is 4.92. The first-order chi connectivity index (χ1) is 4.24. The molecule has 0 unspecified atom stereocenters. The quantitative estimate of drug-likeness (QED) is 0.528. The maximum Gasteiger partial charge on any atom is 0.166 e. The molecule has 1 heterocycles. The van der Waals surface area contributed by atoms with E-state index in [1.54, 1.807) is 0 Å². The molecule has 2 N–H and O–H groups in total. The van der Waals surface area contributed by atoms with Crippen LogP contribution < -0.4 is 10.6 Å². The van der Waals surface area contributed by atoms with Crippen LogP contribution in [0.3, 0.4) is 0 Å². The Labute approximate surface area is 61.0 Å². The molecule has 0 saturated carbocycles. The highest BCUT2D eigenvalue weighted by Crippen LogP contribution is 2.03. The van der Waals surface area contributed by atoms with Crippen LogP contribution in [-0.2, 0) is 0 Å². The Balaban J connectivity index is 2.47. The summed E-state index contributed by atoms with van der Waals surface area (Å²) in [5, 5.41) is 7.11. The molecule has 2 nitrogen and oxygen atoms in total. The number of rotatable bonds is 1. The van der Waals surface area contributed by atoms with Gasteiger partial charge >= 0.3 is 0 Å². The molecule has 0 aromatic carbocycles. The van der Waals surface area contributed by atoms with Gasteiger partial charge in [0.15, 0.2) is 5.11 Å². The average molecular weight is 144 g/mol. The van der Waals surface area contributed by atoms with Gasteiger partial charge in [-0.15, -0.1) is 0 Å². The molecule has 1 aliphatic rings. The van der Waals surface area contributed by atoms with Crippen LogP contribution in [0.5, 0.6) is 0 Å². The summed E-state index contributed by atoms with van der Waals surface area (Å²) in [5.74, 6) is 0. The Morgan fingerprint density at radius 3 is 2.44 bits per heavy atom. The second kappa shape index (κ2) is 2.52. The minimum absolute atomic E-state index is 0.502. The second-order valence-electron chi connectivity index (χ2n) is 2.42. The van der Waals surface area contributed by atoms with Crippen LogP contribution >= 0.6 is 12.2 Å². The van der Waals surface area contributed by atoms with Gasteiger partial charge in [0, 0.05) is 12.1 Å². The van der Waals surface area contributed by atoms with Gasteiger partial charge in [-0.3, -0.25) is 0 Å². The van der Waals surface area contributed by atoms with Crippen molar-refractivity contribution >= 4 is 17.3 Å². The molecule has 0 radical (unpaired) electrons. The molecule has 1 aliphatic heterocycles. The molecule has 1 saturated heterocycles. The van der Waals surface area contributed by atoms with Gasteiger partial charge < -0.3 is 10.6 Å². The molecule has 1 rings (SSSR count). The second-order valence-corrected chi connectivity index (χ2v) is 2.83. The molecule has 2 atom stereocenters. The lowest BCUT2D eigenvalue weighted by Gasteiger charge is -2.09. The molecule has 3 heteroatoms. The smallest absolute Gasteiger partial charge is 0.166 e. The van der Waals surface area contributed by atoms with E-state index in [0.29, 0.717) is 12.1 Å². The molecule has 0 aliphatic carbocycles. The van der Waals surface area contributed by atoms with Crippen molar-refractivity contribution < 1.29 is 0 Å². The molecular weight excluding hydrogens is 132 g/mol.